The summed E-state index contributed by atoms with van der Waals surface area (Å²) in [5.74, 6) is -0.885. The van der Waals surface area contributed by atoms with Crippen LogP contribution in [0, 0.1) is 0 Å². The summed E-state index contributed by atoms with van der Waals surface area (Å²) in [7, 11) is 0. The fourth-order valence-corrected chi connectivity index (χ4v) is 5.14. The molecule has 8 heteroatoms. The highest BCUT2D eigenvalue weighted by molar-refractivity contribution is 5.79. The highest BCUT2D eigenvalue weighted by atomic mass is 19.3. The Kier molecular flexibility index (Phi) is 7.18. The summed E-state index contributed by atoms with van der Waals surface area (Å²) < 4.78 is 31.8. The first kappa shape index (κ1) is 25.8. The Hall–Kier alpha value is -3.26. The lowest BCUT2D eigenvalue weighted by molar-refractivity contribution is -0.140. The third kappa shape index (κ3) is 5.43. The van der Waals surface area contributed by atoms with Gasteiger partial charge in [-0.15, -0.1) is 0 Å². The van der Waals surface area contributed by atoms with Gasteiger partial charge < -0.3 is 14.7 Å². The van der Waals surface area contributed by atoms with Crippen molar-refractivity contribution in [3.8, 4) is 0 Å². The van der Waals surface area contributed by atoms with E-state index in [4.69, 9.17) is 4.74 Å². The first-order valence-corrected chi connectivity index (χ1v) is 12.1. The molecule has 2 aliphatic rings. The van der Waals surface area contributed by atoms with Crippen LogP contribution in [0.4, 0.5) is 13.6 Å². The highest BCUT2D eigenvalue weighted by Crippen LogP contribution is 2.42. The van der Waals surface area contributed by atoms with Crippen LogP contribution in [0.1, 0.15) is 68.7 Å². The van der Waals surface area contributed by atoms with Crippen molar-refractivity contribution in [3.63, 3.8) is 0 Å². The number of hydrogen-bond acceptors (Lipinski definition) is 4. The van der Waals surface area contributed by atoms with E-state index >= 15 is 0 Å². The molecule has 192 valence electrons. The molecule has 2 aromatic carbocycles. The van der Waals surface area contributed by atoms with Crippen molar-refractivity contribution < 1.29 is 28.2 Å². The predicted octanol–water partition coefficient (Wildman–Crippen LogP) is 5.70. The number of carbonyl (C=O) groups is 2. The molecular formula is C28H32F2N2O4. The zero-order valence-corrected chi connectivity index (χ0v) is 20.7. The Morgan fingerprint density at radius 3 is 2.33 bits per heavy atom. The number of carbonyl (C=O) groups excluding carboxylic acids is 2. The Morgan fingerprint density at radius 2 is 1.78 bits per heavy atom. The largest absolute Gasteiger partial charge is 0.438 e. The van der Waals surface area contributed by atoms with Gasteiger partial charge in [-0.1, -0.05) is 60.7 Å². The molecule has 0 spiro atoms. The summed E-state index contributed by atoms with van der Waals surface area (Å²) in [6, 6.07) is 16.8. The van der Waals surface area contributed by atoms with Gasteiger partial charge in [0.2, 0.25) is 5.91 Å². The van der Waals surface area contributed by atoms with E-state index in [2.05, 4.69) is 0 Å². The van der Waals surface area contributed by atoms with Gasteiger partial charge in [0.25, 0.3) is 0 Å². The number of cyclic esters (lactones) is 1. The number of benzene rings is 2. The van der Waals surface area contributed by atoms with E-state index in [9.17, 15) is 23.5 Å². The van der Waals surface area contributed by atoms with Crippen molar-refractivity contribution >= 4 is 12.0 Å². The van der Waals surface area contributed by atoms with E-state index in [0.29, 0.717) is 17.9 Å². The minimum absolute atomic E-state index is 0.0169. The third-order valence-corrected chi connectivity index (χ3v) is 6.98. The second kappa shape index (κ2) is 10.0. The van der Waals surface area contributed by atoms with E-state index in [1.54, 1.807) is 24.8 Å². The van der Waals surface area contributed by atoms with Gasteiger partial charge in [-0.3, -0.25) is 9.69 Å². The number of alkyl halides is 2. The van der Waals surface area contributed by atoms with E-state index in [1.807, 2.05) is 61.5 Å². The predicted molar refractivity (Wildman–Crippen MR) is 131 cm³/mol. The fraction of sp³-hybridized carbons (Fsp3) is 0.429. The van der Waals surface area contributed by atoms with Crippen molar-refractivity contribution in [2.45, 2.75) is 69.7 Å². The Labute approximate surface area is 210 Å². The van der Waals surface area contributed by atoms with Crippen LogP contribution in [0.15, 0.2) is 66.9 Å². The lowest BCUT2D eigenvalue weighted by atomic mass is 9.80. The summed E-state index contributed by atoms with van der Waals surface area (Å²) >= 11 is 0. The second-order valence-corrected chi connectivity index (χ2v) is 10.2. The van der Waals surface area contributed by atoms with Gasteiger partial charge in [0.1, 0.15) is 5.60 Å². The summed E-state index contributed by atoms with van der Waals surface area (Å²) in [6.07, 6.45) is 3.11. The number of hydrogen-bond donors (Lipinski definition) is 1. The molecule has 36 heavy (non-hydrogen) atoms. The number of aliphatic hydroxyl groups is 1. The molecule has 1 unspecified atom stereocenters. The van der Waals surface area contributed by atoms with Crippen LogP contribution < -0.4 is 0 Å². The summed E-state index contributed by atoms with van der Waals surface area (Å²) in [5.41, 5.74) is 0.659. The van der Waals surface area contributed by atoms with Crippen LogP contribution in [0.2, 0.25) is 0 Å². The second-order valence-electron chi connectivity index (χ2n) is 10.2. The highest BCUT2D eigenvalue weighted by Gasteiger charge is 2.46. The van der Waals surface area contributed by atoms with Gasteiger partial charge in [-0.05, 0) is 37.5 Å². The quantitative estimate of drug-likeness (QED) is 0.498. The number of ether oxygens (including phenoxy) is 1. The van der Waals surface area contributed by atoms with Crippen LogP contribution in [-0.2, 0) is 15.1 Å². The normalized spacial score (nSPS) is 23.7. The molecule has 1 N–H and O–H groups in total. The van der Waals surface area contributed by atoms with Crippen molar-refractivity contribution in [1.29, 1.82) is 0 Å². The number of rotatable bonds is 7. The first-order valence-electron chi connectivity index (χ1n) is 12.1. The maximum absolute atomic E-state index is 13.2. The molecule has 2 aliphatic heterocycles. The monoisotopic (exact) mass is 498 g/mol. The van der Waals surface area contributed by atoms with Gasteiger partial charge in [0, 0.05) is 37.9 Å². The molecule has 0 bridgehead atoms. The Balaban J connectivity index is 1.48. The molecule has 3 atom stereocenters. The van der Waals surface area contributed by atoms with Gasteiger partial charge in [-0.2, -0.15) is 8.78 Å². The van der Waals surface area contributed by atoms with Crippen LogP contribution in [0.25, 0.3) is 0 Å². The molecule has 0 radical (unpaired) electrons. The van der Waals surface area contributed by atoms with Gasteiger partial charge >= 0.3 is 12.6 Å². The number of halogens is 2. The molecule has 0 aromatic heterocycles. The lowest BCUT2D eigenvalue weighted by Gasteiger charge is -2.45. The van der Waals surface area contributed by atoms with Gasteiger partial charge in [0.15, 0.2) is 0 Å². The van der Waals surface area contributed by atoms with E-state index < -0.39 is 29.8 Å². The smallest absolute Gasteiger partial charge is 0.411 e. The van der Waals surface area contributed by atoms with Crippen LogP contribution in [0.5, 0.6) is 0 Å². The fourth-order valence-electron chi connectivity index (χ4n) is 5.14. The van der Waals surface area contributed by atoms with Crippen LogP contribution >= 0.6 is 0 Å². The average molecular weight is 499 g/mol. The Bertz CT molecular complexity index is 1110. The summed E-state index contributed by atoms with van der Waals surface area (Å²) in [6.45, 7) is 2.96. The summed E-state index contributed by atoms with van der Waals surface area (Å²) in [4.78, 5) is 27.3. The zero-order valence-electron chi connectivity index (χ0n) is 20.7. The Morgan fingerprint density at radius 1 is 1.11 bits per heavy atom. The van der Waals surface area contributed by atoms with E-state index in [1.165, 1.54) is 0 Å². The van der Waals surface area contributed by atoms with Crippen molar-refractivity contribution in [1.82, 2.24) is 9.80 Å². The van der Waals surface area contributed by atoms with E-state index in [-0.39, 0.29) is 24.8 Å². The van der Waals surface area contributed by atoms with E-state index in [0.717, 1.165) is 22.9 Å². The zero-order chi connectivity index (χ0) is 26.1. The molecule has 0 saturated carbocycles. The molecule has 2 aromatic rings. The molecular weight excluding hydrogens is 466 g/mol. The molecule has 2 heterocycles. The molecule has 2 amide bonds. The van der Waals surface area contributed by atoms with Crippen LogP contribution in [0.3, 0.4) is 0 Å². The van der Waals surface area contributed by atoms with Gasteiger partial charge in [0.05, 0.1) is 11.6 Å². The SMILES string of the molecule is C[C@@H](c1ccc(C2C=CN(C(F)F)C(=O)C2)cc1)N1CC[C@](CC(C)(C)O)(c2ccccc2)OC1=O. The molecule has 4 rings (SSSR count). The number of amides is 2. The van der Waals surface area contributed by atoms with Crippen molar-refractivity contribution in [2.75, 3.05) is 6.54 Å². The van der Waals surface area contributed by atoms with Gasteiger partial charge in [-0.25, -0.2) is 4.79 Å². The first-order chi connectivity index (χ1) is 17.0. The number of nitrogens with zero attached hydrogens (tertiary/aromatic N) is 2. The average Bonchev–Trinajstić information content (AvgIpc) is 2.83. The number of allylic oxidation sites excluding steroid dienone is 1. The third-order valence-electron chi connectivity index (χ3n) is 6.98. The molecule has 1 saturated heterocycles. The maximum atomic E-state index is 13.2. The molecule has 1 fully saturated rings. The minimum Gasteiger partial charge on any atom is -0.438 e. The topological polar surface area (TPSA) is 70.1 Å². The lowest BCUT2D eigenvalue weighted by Crippen LogP contribution is -2.51. The standard InChI is InChI=1S/C28H32F2N2O4/c1-19(20-9-11-21(12-10-20)22-13-15-32(25(29)30)24(33)17-22)31-16-14-28(36-26(31)34,18-27(2,3)35)23-7-5-4-6-8-23/h4-13,15,19,22,25,35H,14,16-18H2,1-3H3/t19-,22?,28-/m0/s1. The van der Waals surface area contributed by atoms with Crippen molar-refractivity contribution in [2.24, 2.45) is 0 Å². The minimum atomic E-state index is -2.84. The van der Waals surface area contributed by atoms with Crippen LogP contribution in [-0.4, -0.2) is 45.6 Å². The summed E-state index contributed by atoms with van der Waals surface area (Å²) in [5, 5.41) is 10.6. The maximum Gasteiger partial charge on any atom is 0.411 e. The molecule has 0 aliphatic carbocycles. The molecule has 6 nitrogen and oxygen atoms in total. The van der Waals surface area contributed by atoms with Crippen molar-refractivity contribution in [3.05, 3.63) is 83.6 Å².